The second-order valence-corrected chi connectivity index (χ2v) is 4.82. The van der Waals surface area contributed by atoms with Crippen LogP contribution in [0.1, 0.15) is 5.56 Å². The average molecular weight is 313 g/mol. The molecule has 0 fully saturated rings. The van der Waals surface area contributed by atoms with Gasteiger partial charge in [-0.15, -0.1) is 0 Å². The van der Waals surface area contributed by atoms with Crippen LogP contribution in [0.5, 0.6) is 5.75 Å². The maximum Gasteiger partial charge on any atom is 0.115 e. The highest BCUT2D eigenvalue weighted by Crippen LogP contribution is 2.30. The molecule has 4 heteroatoms. The van der Waals surface area contributed by atoms with Crippen molar-refractivity contribution in [2.75, 3.05) is 5.32 Å². The number of nitrogens with one attached hydrogen (secondary N) is 1. The van der Waals surface area contributed by atoms with Crippen molar-refractivity contribution < 1.29 is 5.11 Å². The van der Waals surface area contributed by atoms with Gasteiger partial charge in [-0.2, -0.15) is 0 Å². The Morgan fingerprint density at radius 3 is 2.53 bits per heavy atom. The fraction of sp³-hybridized carbons (Fsp3) is 0.0769. The lowest BCUT2D eigenvalue weighted by Crippen LogP contribution is -1.99. The summed E-state index contributed by atoms with van der Waals surface area (Å²) in [7, 11) is 0. The quantitative estimate of drug-likeness (QED) is 0.879. The maximum atomic E-state index is 9.18. The molecule has 17 heavy (non-hydrogen) atoms. The summed E-state index contributed by atoms with van der Waals surface area (Å²) in [5.41, 5.74) is 2.04. The molecule has 0 aromatic heterocycles. The molecule has 0 saturated heterocycles. The lowest BCUT2D eigenvalue weighted by Gasteiger charge is -2.09. The molecule has 0 radical (unpaired) electrons. The molecular weight excluding hydrogens is 302 g/mol. The maximum absolute atomic E-state index is 9.18. The van der Waals surface area contributed by atoms with Gasteiger partial charge in [0.15, 0.2) is 0 Å². The van der Waals surface area contributed by atoms with E-state index < -0.39 is 0 Å². The lowest BCUT2D eigenvalue weighted by atomic mass is 10.2. The van der Waals surface area contributed by atoms with Crippen molar-refractivity contribution in [2.45, 2.75) is 6.54 Å². The molecule has 0 saturated carbocycles. The molecular formula is C13H11BrClNO. The second-order valence-electron chi connectivity index (χ2n) is 3.62. The number of phenolic OH excluding ortho intramolecular Hbond substituents is 1. The third-order valence-corrected chi connectivity index (χ3v) is 3.77. The van der Waals surface area contributed by atoms with Crippen molar-refractivity contribution in [1.82, 2.24) is 0 Å². The van der Waals surface area contributed by atoms with E-state index >= 15 is 0 Å². The Bertz CT molecular complexity index is 513. The predicted molar refractivity (Wildman–Crippen MR) is 74.6 cm³/mol. The average Bonchev–Trinajstić information content (AvgIpc) is 2.33. The monoisotopic (exact) mass is 311 g/mol. The van der Waals surface area contributed by atoms with Crippen LogP contribution in [0.15, 0.2) is 46.9 Å². The van der Waals surface area contributed by atoms with Gasteiger partial charge in [-0.05, 0) is 45.8 Å². The predicted octanol–water partition coefficient (Wildman–Crippen LogP) is 4.42. The molecule has 2 rings (SSSR count). The van der Waals surface area contributed by atoms with Gasteiger partial charge in [-0.3, -0.25) is 0 Å². The van der Waals surface area contributed by atoms with Crippen molar-refractivity contribution in [3.05, 3.63) is 57.5 Å². The molecule has 0 aliphatic carbocycles. The number of rotatable bonds is 3. The van der Waals surface area contributed by atoms with Gasteiger partial charge in [0, 0.05) is 6.54 Å². The molecule has 0 aliphatic rings. The van der Waals surface area contributed by atoms with Gasteiger partial charge in [-0.1, -0.05) is 29.8 Å². The van der Waals surface area contributed by atoms with E-state index in [4.69, 9.17) is 11.6 Å². The number of hydrogen-bond donors (Lipinski definition) is 2. The van der Waals surface area contributed by atoms with Gasteiger partial charge in [0.25, 0.3) is 0 Å². The SMILES string of the molecule is Oc1ccc(CNc2cccc(Cl)c2Br)cc1. The van der Waals surface area contributed by atoms with Crippen molar-refractivity contribution in [1.29, 1.82) is 0 Å². The van der Waals surface area contributed by atoms with Crippen LogP contribution in [0.25, 0.3) is 0 Å². The highest BCUT2D eigenvalue weighted by molar-refractivity contribution is 9.10. The zero-order valence-corrected chi connectivity index (χ0v) is 11.3. The van der Waals surface area contributed by atoms with Crippen molar-refractivity contribution in [3.8, 4) is 5.75 Å². The Hall–Kier alpha value is -1.19. The number of anilines is 1. The number of benzene rings is 2. The van der Waals surface area contributed by atoms with Crippen LogP contribution in [-0.4, -0.2) is 5.11 Å². The van der Waals surface area contributed by atoms with Crippen LogP contribution in [0, 0.1) is 0 Å². The van der Waals surface area contributed by atoms with E-state index in [1.165, 1.54) is 0 Å². The van der Waals surface area contributed by atoms with Crippen LogP contribution in [-0.2, 0) is 6.54 Å². The van der Waals surface area contributed by atoms with Gasteiger partial charge in [0.1, 0.15) is 5.75 Å². The molecule has 88 valence electrons. The van der Waals surface area contributed by atoms with Crippen LogP contribution in [0.3, 0.4) is 0 Å². The summed E-state index contributed by atoms with van der Waals surface area (Å²) < 4.78 is 0.862. The van der Waals surface area contributed by atoms with E-state index in [1.807, 2.05) is 30.3 Å². The summed E-state index contributed by atoms with van der Waals surface area (Å²) in [5, 5.41) is 13.1. The minimum Gasteiger partial charge on any atom is -0.508 e. The van der Waals surface area contributed by atoms with Gasteiger partial charge in [-0.25, -0.2) is 0 Å². The van der Waals surface area contributed by atoms with Crippen LogP contribution >= 0.6 is 27.5 Å². The fourth-order valence-corrected chi connectivity index (χ4v) is 2.03. The molecule has 2 aromatic rings. The molecule has 2 N–H and O–H groups in total. The molecule has 0 spiro atoms. The third-order valence-electron chi connectivity index (χ3n) is 2.37. The van der Waals surface area contributed by atoms with Crippen molar-refractivity contribution in [3.63, 3.8) is 0 Å². The number of aromatic hydroxyl groups is 1. The number of hydrogen-bond acceptors (Lipinski definition) is 2. The highest BCUT2D eigenvalue weighted by atomic mass is 79.9. The summed E-state index contributed by atoms with van der Waals surface area (Å²) in [6, 6.07) is 12.8. The summed E-state index contributed by atoms with van der Waals surface area (Å²) in [6.07, 6.45) is 0. The topological polar surface area (TPSA) is 32.3 Å². The molecule has 0 bridgehead atoms. The van der Waals surface area contributed by atoms with Crippen LogP contribution in [0.4, 0.5) is 5.69 Å². The first kappa shape index (κ1) is 12.3. The number of phenols is 1. The molecule has 0 unspecified atom stereocenters. The first-order valence-electron chi connectivity index (χ1n) is 5.12. The molecule has 2 aromatic carbocycles. The molecule has 0 heterocycles. The van der Waals surface area contributed by atoms with Crippen molar-refractivity contribution in [2.24, 2.45) is 0 Å². The van der Waals surface area contributed by atoms with Gasteiger partial charge >= 0.3 is 0 Å². The van der Waals surface area contributed by atoms with E-state index in [0.29, 0.717) is 11.6 Å². The number of halogens is 2. The normalized spacial score (nSPS) is 10.2. The Balaban J connectivity index is 2.07. The zero-order valence-electron chi connectivity index (χ0n) is 8.95. The smallest absolute Gasteiger partial charge is 0.115 e. The summed E-state index contributed by atoms with van der Waals surface area (Å²) in [5.74, 6) is 0.276. The minimum atomic E-state index is 0.276. The first-order valence-corrected chi connectivity index (χ1v) is 6.30. The molecule has 0 aliphatic heterocycles. The Kier molecular flexibility index (Phi) is 3.92. The molecule has 0 amide bonds. The van der Waals surface area contributed by atoms with E-state index in [0.717, 1.165) is 15.7 Å². The zero-order chi connectivity index (χ0) is 12.3. The van der Waals surface area contributed by atoms with Crippen molar-refractivity contribution >= 4 is 33.2 Å². The highest BCUT2D eigenvalue weighted by Gasteiger charge is 2.02. The molecule has 0 atom stereocenters. The summed E-state index contributed by atoms with van der Waals surface area (Å²) in [6.45, 7) is 0.680. The van der Waals surface area contributed by atoms with E-state index in [9.17, 15) is 5.11 Å². The Morgan fingerprint density at radius 1 is 1.12 bits per heavy atom. The summed E-state index contributed by atoms with van der Waals surface area (Å²) in [4.78, 5) is 0. The Morgan fingerprint density at radius 2 is 1.82 bits per heavy atom. The fourth-order valence-electron chi connectivity index (χ4n) is 1.45. The van der Waals surface area contributed by atoms with E-state index in [1.54, 1.807) is 12.1 Å². The largest absolute Gasteiger partial charge is 0.508 e. The molecule has 2 nitrogen and oxygen atoms in total. The van der Waals surface area contributed by atoms with E-state index in [2.05, 4.69) is 21.2 Å². The third kappa shape index (κ3) is 3.14. The Labute approximate surface area is 113 Å². The minimum absolute atomic E-state index is 0.276. The first-order chi connectivity index (χ1) is 8.16. The van der Waals surface area contributed by atoms with Crippen LogP contribution < -0.4 is 5.32 Å². The standard InChI is InChI=1S/C13H11BrClNO/c14-13-11(15)2-1-3-12(13)16-8-9-4-6-10(17)7-5-9/h1-7,16-17H,8H2. The van der Waals surface area contributed by atoms with Gasteiger partial charge in [0.05, 0.1) is 15.2 Å². The lowest BCUT2D eigenvalue weighted by molar-refractivity contribution is 0.475. The second kappa shape index (κ2) is 5.43. The summed E-state index contributed by atoms with van der Waals surface area (Å²) >= 11 is 9.43. The van der Waals surface area contributed by atoms with Gasteiger partial charge < -0.3 is 10.4 Å². The van der Waals surface area contributed by atoms with Gasteiger partial charge in [0.2, 0.25) is 0 Å². The van der Waals surface area contributed by atoms with Crippen LogP contribution in [0.2, 0.25) is 5.02 Å². The van der Waals surface area contributed by atoms with E-state index in [-0.39, 0.29) is 5.75 Å².